The molecule has 1 N–H and O–H groups in total. The van der Waals surface area contributed by atoms with E-state index in [9.17, 15) is 4.79 Å². The Balaban J connectivity index is 1.47. The third-order valence-corrected chi connectivity index (χ3v) is 4.45. The van der Waals surface area contributed by atoms with E-state index in [4.69, 9.17) is 4.74 Å². The van der Waals surface area contributed by atoms with Crippen molar-refractivity contribution < 1.29 is 9.53 Å². The lowest BCUT2D eigenvalue weighted by Crippen LogP contribution is -2.44. The minimum Gasteiger partial charge on any atom is -0.494 e. The van der Waals surface area contributed by atoms with E-state index in [1.807, 2.05) is 36.1 Å². The van der Waals surface area contributed by atoms with Crippen LogP contribution in [0, 0.1) is 0 Å². The van der Waals surface area contributed by atoms with E-state index in [1.54, 1.807) is 0 Å². The van der Waals surface area contributed by atoms with Crippen LogP contribution in [0.5, 0.6) is 5.75 Å². The molecular weight excluding hydrogens is 302 g/mol. The van der Waals surface area contributed by atoms with Crippen molar-refractivity contribution in [2.45, 2.75) is 32.4 Å². The molecule has 0 atom stereocenters. The van der Waals surface area contributed by atoms with E-state index in [-0.39, 0.29) is 6.03 Å². The number of hydrogen-bond donors (Lipinski definition) is 1. The number of nitrogens with one attached hydrogen (secondary N) is 1. The van der Waals surface area contributed by atoms with E-state index < -0.39 is 0 Å². The van der Waals surface area contributed by atoms with Gasteiger partial charge < -0.3 is 19.5 Å². The Kier molecular flexibility index (Phi) is 5.41. The predicted molar refractivity (Wildman–Crippen MR) is 94.1 cm³/mol. The van der Waals surface area contributed by atoms with Crippen LogP contribution in [0.25, 0.3) is 0 Å². The Morgan fingerprint density at radius 2 is 1.96 bits per heavy atom. The first kappa shape index (κ1) is 16.4. The lowest BCUT2D eigenvalue weighted by Gasteiger charge is -2.32. The quantitative estimate of drug-likeness (QED) is 0.914. The van der Waals surface area contributed by atoms with Crippen molar-refractivity contribution >= 4 is 6.03 Å². The fourth-order valence-corrected chi connectivity index (χ4v) is 3.16. The molecule has 1 aromatic heterocycles. The largest absolute Gasteiger partial charge is 0.494 e. The third kappa shape index (κ3) is 4.10. The summed E-state index contributed by atoms with van der Waals surface area (Å²) in [6.45, 7) is 4.73. The van der Waals surface area contributed by atoms with Crippen molar-refractivity contribution in [3.05, 3.63) is 54.4 Å². The Labute approximate surface area is 143 Å². The summed E-state index contributed by atoms with van der Waals surface area (Å²) in [7, 11) is 0. The second kappa shape index (κ2) is 7.90. The van der Waals surface area contributed by atoms with Crippen LogP contribution in [0.3, 0.4) is 0 Å². The lowest BCUT2D eigenvalue weighted by molar-refractivity contribution is 0.171. The van der Waals surface area contributed by atoms with Gasteiger partial charge in [0.2, 0.25) is 0 Å². The Hall–Kier alpha value is -2.43. The predicted octanol–water partition coefficient (Wildman–Crippen LogP) is 3.43. The van der Waals surface area contributed by atoms with Crippen molar-refractivity contribution in [3.63, 3.8) is 0 Å². The Bertz CT molecular complexity index is 646. The molecule has 1 aliphatic rings. The van der Waals surface area contributed by atoms with Crippen molar-refractivity contribution in [1.82, 2.24) is 14.8 Å². The topological polar surface area (TPSA) is 46.5 Å². The van der Waals surface area contributed by atoms with Gasteiger partial charge in [0.05, 0.1) is 6.61 Å². The van der Waals surface area contributed by atoms with Gasteiger partial charge in [-0.3, -0.25) is 0 Å². The van der Waals surface area contributed by atoms with Crippen LogP contribution in [-0.2, 0) is 6.54 Å². The second-order valence-electron chi connectivity index (χ2n) is 6.09. The van der Waals surface area contributed by atoms with E-state index in [0.717, 1.165) is 37.2 Å². The van der Waals surface area contributed by atoms with Crippen LogP contribution in [0.4, 0.5) is 4.79 Å². The molecule has 0 bridgehead atoms. The van der Waals surface area contributed by atoms with E-state index in [2.05, 4.69) is 34.4 Å². The van der Waals surface area contributed by atoms with Gasteiger partial charge in [0.15, 0.2) is 0 Å². The summed E-state index contributed by atoms with van der Waals surface area (Å²) in [4.78, 5) is 14.3. The molecule has 0 radical (unpaired) electrons. The first-order valence-corrected chi connectivity index (χ1v) is 8.63. The summed E-state index contributed by atoms with van der Waals surface area (Å²) in [5, 5.41) is 3.01. The fraction of sp³-hybridized carbons (Fsp3) is 0.421. The van der Waals surface area contributed by atoms with Crippen molar-refractivity contribution in [2.24, 2.45) is 0 Å². The fourth-order valence-electron chi connectivity index (χ4n) is 3.16. The van der Waals surface area contributed by atoms with Crippen LogP contribution in [0.1, 0.15) is 31.4 Å². The summed E-state index contributed by atoms with van der Waals surface area (Å²) in [6.07, 6.45) is 6.21. The molecule has 5 nitrogen and oxygen atoms in total. The monoisotopic (exact) mass is 327 g/mol. The van der Waals surface area contributed by atoms with E-state index in [0.29, 0.717) is 19.2 Å². The van der Waals surface area contributed by atoms with Crippen molar-refractivity contribution in [3.8, 4) is 5.75 Å². The van der Waals surface area contributed by atoms with Gasteiger partial charge in [-0.1, -0.05) is 12.1 Å². The average Bonchev–Trinajstić information content (AvgIpc) is 3.15. The molecule has 1 aromatic carbocycles. The van der Waals surface area contributed by atoms with E-state index in [1.165, 1.54) is 0 Å². The molecule has 2 amide bonds. The number of nitrogens with zero attached hydrogens (tertiary/aromatic N) is 2. The highest BCUT2D eigenvalue weighted by Crippen LogP contribution is 2.22. The van der Waals surface area contributed by atoms with Gasteiger partial charge in [-0.25, -0.2) is 4.79 Å². The molecule has 128 valence electrons. The summed E-state index contributed by atoms with van der Waals surface area (Å²) in [5.41, 5.74) is 1.05. The molecule has 0 unspecified atom stereocenters. The first-order valence-electron chi connectivity index (χ1n) is 8.63. The molecule has 0 spiro atoms. The number of carbonyl (C=O) groups excluding carboxylic acids is 1. The van der Waals surface area contributed by atoms with Crippen molar-refractivity contribution in [1.29, 1.82) is 0 Å². The second-order valence-corrected chi connectivity index (χ2v) is 6.09. The van der Waals surface area contributed by atoms with Gasteiger partial charge in [0, 0.05) is 38.1 Å². The normalized spacial score (nSPS) is 15.3. The molecule has 1 fully saturated rings. The van der Waals surface area contributed by atoms with Gasteiger partial charge >= 0.3 is 6.03 Å². The maximum absolute atomic E-state index is 12.4. The van der Waals surface area contributed by atoms with Gasteiger partial charge in [-0.2, -0.15) is 0 Å². The number of benzene rings is 1. The smallest absolute Gasteiger partial charge is 0.317 e. The Morgan fingerprint density at radius 1 is 1.21 bits per heavy atom. The SMILES string of the molecule is CCOc1cccc(CNC(=O)N2CCC(n3cccc3)CC2)c1. The first-order chi connectivity index (χ1) is 11.8. The zero-order valence-corrected chi connectivity index (χ0v) is 14.1. The molecule has 0 saturated carbocycles. The minimum absolute atomic E-state index is 0.0165. The van der Waals surface area contributed by atoms with Crippen LogP contribution in [0.15, 0.2) is 48.8 Å². The van der Waals surface area contributed by atoms with Gasteiger partial charge in [-0.05, 0) is 49.6 Å². The molecule has 2 aromatic rings. The van der Waals surface area contributed by atoms with Crippen LogP contribution >= 0.6 is 0 Å². The number of likely N-dealkylation sites (tertiary alicyclic amines) is 1. The standard InChI is InChI=1S/C19H25N3O2/c1-2-24-18-7-5-6-16(14-18)15-20-19(23)22-12-8-17(9-13-22)21-10-3-4-11-21/h3-7,10-11,14,17H,2,8-9,12-13,15H2,1H3,(H,20,23). The summed E-state index contributed by atoms with van der Waals surface area (Å²) in [6, 6.07) is 12.5. The molecule has 24 heavy (non-hydrogen) atoms. The number of rotatable bonds is 5. The molecular formula is C19H25N3O2. The van der Waals surface area contributed by atoms with Gasteiger partial charge in [0.25, 0.3) is 0 Å². The number of hydrogen-bond acceptors (Lipinski definition) is 2. The molecule has 1 aliphatic heterocycles. The highest BCUT2D eigenvalue weighted by atomic mass is 16.5. The molecule has 3 rings (SSSR count). The maximum atomic E-state index is 12.4. The molecule has 1 saturated heterocycles. The number of carbonyl (C=O) groups is 1. The minimum atomic E-state index is 0.0165. The maximum Gasteiger partial charge on any atom is 0.317 e. The van der Waals surface area contributed by atoms with Crippen LogP contribution < -0.4 is 10.1 Å². The number of piperidine rings is 1. The van der Waals surface area contributed by atoms with Gasteiger partial charge in [0.1, 0.15) is 5.75 Å². The highest BCUT2D eigenvalue weighted by Gasteiger charge is 2.23. The summed E-state index contributed by atoms with van der Waals surface area (Å²) in [5.74, 6) is 0.844. The number of aromatic nitrogens is 1. The van der Waals surface area contributed by atoms with Gasteiger partial charge in [-0.15, -0.1) is 0 Å². The number of amides is 2. The Morgan fingerprint density at radius 3 is 2.67 bits per heavy atom. The van der Waals surface area contributed by atoms with Crippen LogP contribution in [0.2, 0.25) is 0 Å². The molecule has 2 heterocycles. The number of ether oxygens (including phenoxy) is 1. The number of urea groups is 1. The zero-order valence-electron chi connectivity index (χ0n) is 14.1. The summed E-state index contributed by atoms with van der Waals surface area (Å²) < 4.78 is 7.74. The average molecular weight is 327 g/mol. The van der Waals surface area contributed by atoms with Crippen LogP contribution in [-0.4, -0.2) is 35.2 Å². The third-order valence-electron chi connectivity index (χ3n) is 4.45. The van der Waals surface area contributed by atoms with Crippen molar-refractivity contribution in [2.75, 3.05) is 19.7 Å². The summed E-state index contributed by atoms with van der Waals surface area (Å²) >= 11 is 0. The lowest BCUT2D eigenvalue weighted by atomic mass is 10.1. The highest BCUT2D eigenvalue weighted by molar-refractivity contribution is 5.74. The molecule has 0 aliphatic carbocycles. The zero-order chi connectivity index (χ0) is 16.8. The van der Waals surface area contributed by atoms with E-state index >= 15 is 0 Å². The molecule has 5 heteroatoms.